The van der Waals surface area contributed by atoms with Crippen molar-refractivity contribution < 1.29 is 19.1 Å². The average molecular weight is 412 g/mol. The Morgan fingerprint density at radius 3 is 2.45 bits per heavy atom. The lowest BCUT2D eigenvalue weighted by molar-refractivity contribution is -0.130. The lowest BCUT2D eigenvalue weighted by atomic mass is 10.1. The number of para-hydroxylation sites is 1. The van der Waals surface area contributed by atoms with Gasteiger partial charge in [-0.3, -0.25) is 10.1 Å². The van der Waals surface area contributed by atoms with Gasteiger partial charge >= 0.3 is 12.0 Å². The van der Waals surface area contributed by atoms with Crippen LogP contribution in [0.3, 0.4) is 0 Å². The Bertz CT molecular complexity index is 1010. The van der Waals surface area contributed by atoms with Crippen LogP contribution in [0.5, 0.6) is 0 Å². The van der Waals surface area contributed by atoms with E-state index < -0.39 is 24.0 Å². The van der Waals surface area contributed by atoms with Gasteiger partial charge in [-0.25, -0.2) is 14.3 Å². The molecule has 150 valence electrons. The first-order valence-corrected chi connectivity index (χ1v) is 9.75. The van der Waals surface area contributed by atoms with Gasteiger partial charge in [0.2, 0.25) is 0 Å². The Kier molecular flexibility index (Phi) is 6.08. The van der Waals surface area contributed by atoms with Crippen molar-refractivity contribution in [2.75, 3.05) is 0 Å². The van der Waals surface area contributed by atoms with E-state index in [1.807, 2.05) is 53.2 Å². The highest BCUT2D eigenvalue weighted by Gasteiger charge is 2.30. The summed E-state index contributed by atoms with van der Waals surface area (Å²) in [5.41, 5.74) is 6.45. The topological polar surface area (TPSA) is 116 Å². The molecule has 0 aliphatic rings. The summed E-state index contributed by atoms with van der Waals surface area (Å²) >= 11 is 1.49. The van der Waals surface area contributed by atoms with Crippen molar-refractivity contribution in [3.63, 3.8) is 0 Å². The number of aromatic nitrogens is 2. The van der Waals surface area contributed by atoms with Crippen molar-refractivity contribution in [3.05, 3.63) is 59.6 Å². The number of benzene rings is 1. The van der Waals surface area contributed by atoms with Crippen LogP contribution in [0.25, 0.3) is 16.3 Å². The molecule has 0 saturated carbocycles. The van der Waals surface area contributed by atoms with E-state index in [1.54, 1.807) is 19.9 Å². The molecule has 3 aromatic rings. The Labute approximate surface area is 171 Å². The van der Waals surface area contributed by atoms with E-state index in [2.05, 4.69) is 5.10 Å². The number of carbonyl (C=O) groups excluding carboxylic acids is 3. The molecule has 0 saturated heterocycles. The number of imide groups is 1. The Balaban J connectivity index is 1.96. The van der Waals surface area contributed by atoms with Crippen molar-refractivity contribution in [3.8, 4) is 16.3 Å². The number of rotatable bonds is 6. The number of nitrogens with one attached hydrogen (secondary N) is 1. The van der Waals surface area contributed by atoms with E-state index in [4.69, 9.17) is 10.5 Å². The number of primary amides is 1. The van der Waals surface area contributed by atoms with Gasteiger partial charge in [-0.05, 0) is 29.5 Å². The summed E-state index contributed by atoms with van der Waals surface area (Å²) in [6.07, 6.45) is -1.18. The zero-order valence-corrected chi connectivity index (χ0v) is 16.7. The maximum absolute atomic E-state index is 13.0. The third kappa shape index (κ3) is 4.69. The fraction of sp³-hybridized carbons (Fsp3) is 0.200. The van der Waals surface area contributed by atoms with E-state index in [1.165, 1.54) is 16.0 Å². The summed E-state index contributed by atoms with van der Waals surface area (Å²) in [4.78, 5) is 37.0. The van der Waals surface area contributed by atoms with Gasteiger partial charge in [-0.2, -0.15) is 5.10 Å². The predicted molar refractivity (Wildman–Crippen MR) is 109 cm³/mol. The van der Waals surface area contributed by atoms with Gasteiger partial charge in [-0.1, -0.05) is 38.1 Å². The number of hydrogen-bond donors (Lipinski definition) is 2. The zero-order chi connectivity index (χ0) is 21.0. The summed E-state index contributed by atoms with van der Waals surface area (Å²) in [7, 11) is 0. The SMILES string of the molecule is CC(C)[C@@H](OC(=O)c1cc(-c2cccs2)nn1-c1ccccc1)C(=O)NC(N)=O. The fourth-order valence-electron chi connectivity index (χ4n) is 2.70. The molecule has 2 aromatic heterocycles. The fourth-order valence-corrected chi connectivity index (χ4v) is 3.38. The molecule has 3 rings (SSSR count). The minimum Gasteiger partial charge on any atom is -0.447 e. The maximum Gasteiger partial charge on any atom is 0.357 e. The molecule has 0 unspecified atom stereocenters. The molecular weight excluding hydrogens is 392 g/mol. The van der Waals surface area contributed by atoms with Gasteiger partial charge in [0.25, 0.3) is 5.91 Å². The highest BCUT2D eigenvalue weighted by Crippen LogP contribution is 2.26. The number of amides is 3. The molecule has 0 fully saturated rings. The molecule has 0 spiro atoms. The van der Waals surface area contributed by atoms with Crippen molar-refractivity contribution in [1.29, 1.82) is 0 Å². The minimum absolute atomic E-state index is 0.164. The quantitative estimate of drug-likeness (QED) is 0.604. The normalized spacial score (nSPS) is 11.8. The molecular formula is C20H20N4O4S. The molecule has 1 aromatic carbocycles. The smallest absolute Gasteiger partial charge is 0.357 e. The van der Waals surface area contributed by atoms with E-state index in [0.717, 1.165) is 4.88 Å². The van der Waals surface area contributed by atoms with Gasteiger partial charge in [0, 0.05) is 6.07 Å². The van der Waals surface area contributed by atoms with Gasteiger partial charge in [0.05, 0.1) is 10.6 Å². The second kappa shape index (κ2) is 8.70. The monoisotopic (exact) mass is 412 g/mol. The summed E-state index contributed by atoms with van der Waals surface area (Å²) < 4.78 is 6.91. The lowest BCUT2D eigenvalue weighted by Crippen LogP contribution is -2.45. The first-order valence-electron chi connectivity index (χ1n) is 8.87. The third-order valence-electron chi connectivity index (χ3n) is 4.04. The van der Waals surface area contributed by atoms with Crippen LogP contribution in [0.1, 0.15) is 24.3 Å². The summed E-state index contributed by atoms with van der Waals surface area (Å²) in [6, 6.07) is 13.5. The molecule has 0 aliphatic heterocycles. The second-order valence-electron chi connectivity index (χ2n) is 6.56. The molecule has 0 bridgehead atoms. The molecule has 9 heteroatoms. The maximum atomic E-state index is 13.0. The Morgan fingerprint density at radius 2 is 1.86 bits per heavy atom. The first kappa shape index (κ1) is 20.3. The zero-order valence-electron chi connectivity index (χ0n) is 15.9. The van der Waals surface area contributed by atoms with Gasteiger partial charge in [0.1, 0.15) is 5.69 Å². The van der Waals surface area contributed by atoms with Crippen LogP contribution < -0.4 is 11.1 Å². The highest BCUT2D eigenvalue weighted by atomic mass is 32.1. The number of thiophene rings is 1. The van der Waals surface area contributed by atoms with Gasteiger partial charge < -0.3 is 10.5 Å². The Hall–Kier alpha value is -3.46. The largest absolute Gasteiger partial charge is 0.447 e. The van der Waals surface area contributed by atoms with Crippen LogP contribution in [0.2, 0.25) is 0 Å². The van der Waals surface area contributed by atoms with Crippen LogP contribution in [0.4, 0.5) is 4.79 Å². The number of nitrogens with two attached hydrogens (primary N) is 1. The number of urea groups is 1. The van der Waals surface area contributed by atoms with Gasteiger partial charge in [0.15, 0.2) is 11.8 Å². The van der Waals surface area contributed by atoms with E-state index in [9.17, 15) is 14.4 Å². The highest BCUT2D eigenvalue weighted by molar-refractivity contribution is 7.13. The standard InChI is InChI=1S/C20H20N4O4S/c1-12(2)17(18(25)22-20(21)27)28-19(26)15-11-14(16-9-6-10-29-16)23-24(15)13-7-4-3-5-8-13/h3-12,17H,1-2H3,(H3,21,22,25,27)/t17-/m1/s1. The molecule has 0 aliphatic carbocycles. The second-order valence-corrected chi connectivity index (χ2v) is 7.51. The number of esters is 1. The van der Waals surface area contributed by atoms with Gasteiger partial charge in [-0.15, -0.1) is 11.3 Å². The average Bonchev–Trinajstić information content (AvgIpc) is 3.35. The molecule has 0 radical (unpaired) electrons. The molecule has 3 amide bonds. The van der Waals surface area contributed by atoms with E-state index in [0.29, 0.717) is 11.4 Å². The third-order valence-corrected chi connectivity index (χ3v) is 4.93. The van der Waals surface area contributed by atoms with Crippen molar-refractivity contribution in [2.24, 2.45) is 11.7 Å². The van der Waals surface area contributed by atoms with Crippen LogP contribution >= 0.6 is 11.3 Å². The van der Waals surface area contributed by atoms with Crippen LogP contribution in [-0.2, 0) is 9.53 Å². The van der Waals surface area contributed by atoms with Crippen LogP contribution in [0.15, 0.2) is 53.9 Å². The Morgan fingerprint density at radius 1 is 1.14 bits per heavy atom. The molecule has 1 atom stereocenters. The van der Waals surface area contributed by atoms with Crippen molar-refractivity contribution >= 4 is 29.2 Å². The van der Waals surface area contributed by atoms with E-state index in [-0.39, 0.29) is 11.6 Å². The molecule has 29 heavy (non-hydrogen) atoms. The first-order chi connectivity index (χ1) is 13.9. The lowest BCUT2D eigenvalue weighted by Gasteiger charge is -2.20. The number of hydrogen-bond acceptors (Lipinski definition) is 6. The number of ether oxygens (including phenoxy) is 1. The predicted octanol–water partition coefficient (Wildman–Crippen LogP) is 2.98. The molecule has 2 heterocycles. The summed E-state index contributed by atoms with van der Waals surface area (Å²) in [6.45, 7) is 3.40. The molecule has 3 N–H and O–H groups in total. The number of nitrogens with zero attached hydrogens (tertiary/aromatic N) is 2. The van der Waals surface area contributed by atoms with Crippen LogP contribution in [0, 0.1) is 5.92 Å². The van der Waals surface area contributed by atoms with E-state index >= 15 is 0 Å². The van der Waals surface area contributed by atoms with Crippen molar-refractivity contribution in [2.45, 2.75) is 20.0 Å². The number of carbonyl (C=O) groups is 3. The van der Waals surface area contributed by atoms with Crippen molar-refractivity contribution in [1.82, 2.24) is 15.1 Å². The van der Waals surface area contributed by atoms with Crippen LogP contribution in [-0.4, -0.2) is 33.8 Å². The molecule has 8 nitrogen and oxygen atoms in total. The summed E-state index contributed by atoms with van der Waals surface area (Å²) in [5, 5.41) is 8.41. The summed E-state index contributed by atoms with van der Waals surface area (Å²) in [5.74, 6) is -1.88. The minimum atomic E-state index is -1.18.